The summed E-state index contributed by atoms with van der Waals surface area (Å²) in [6, 6.07) is 6.43. The highest BCUT2D eigenvalue weighted by molar-refractivity contribution is 5.59. The van der Waals surface area contributed by atoms with Gasteiger partial charge in [0.25, 0.3) is 5.69 Å². The number of anilines is 1. The molecule has 6 nitrogen and oxygen atoms in total. The first-order valence-corrected chi connectivity index (χ1v) is 6.21. The van der Waals surface area contributed by atoms with Gasteiger partial charge >= 0.3 is 0 Å². The Kier molecular flexibility index (Phi) is 3.97. The first kappa shape index (κ1) is 13.3. The van der Waals surface area contributed by atoms with Crippen molar-refractivity contribution in [3.63, 3.8) is 0 Å². The van der Waals surface area contributed by atoms with Crippen molar-refractivity contribution in [1.29, 1.82) is 5.26 Å². The molecule has 1 aliphatic carbocycles. The number of hydrogen-bond donors (Lipinski definition) is 2. The maximum atomic E-state index is 10.7. The summed E-state index contributed by atoms with van der Waals surface area (Å²) in [7, 11) is 0. The highest BCUT2D eigenvalue weighted by Gasteiger charge is 2.26. The number of nitrogens with one attached hydrogen (secondary N) is 1. The molecular weight excluding hydrogens is 246 g/mol. The molecule has 1 aliphatic rings. The van der Waals surface area contributed by atoms with Crippen LogP contribution in [0.2, 0.25) is 0 Å². The number of benzene rings is 1. The van der Waals surface area contributed by atoms with E-state index >= 15 is 0 Å². The van der Waals surface area contributed by atoms with Gasteiger partial charge in [-0.15, -0.1) is 0 Å². The van der Waals surface area contributed by atoms with Crippen LogP contribution in [0, 0.1) is 27.4 Å². The van der Waals surface area contributed by atoms with Crippen molar-refractivity contribution in [1.82, 2.24) is 0 Å². The number of nitriles is 1. The van der Waals surface area contributed by atoms with Gasteiger partial charge in [-0.3, -0.25) is 10.1 Å². The molecule has 0 saturated heterocycles. The van der Waals surface area contributed by atoms with Gasteiger partial charge < -0.3 is 10.4 Å². The Balaban J connectivity index is 2.18. The molecule has 2 atom stereocenters. The monoisotopic (exact) mass is 261 g/mol. The van der Waals surface area contributed by atoms with Gasteiger partial charge in [0.05, 0.1) is 4.92 Å². The number of aliphatic hydroxyl groups is 1. The molecule has 1 saturated carbocycles. The van der Waals surface area contributed by atoms with E-state index < -0.39 is 4.92 Å². The Hall–Kier alpha value is -2.13. The van der Waals surface area contributed by atoms with E-state index in [1.165, 1.54) is 12.1 Å². The van der Waals surface area contributed by atoms with Gasteiger partial charge in [0, 0.05) is 30.3 Å². The van der Waals surface area contributed by atoms with Crippen LogP contribution in [-0.4, -0.2) is 22.7 Å². The van der Waals surface area contributed by atoms with Crippen molar-refractivity contribution in [3.8, 4) is 6.07 Å². The molecule has 1 fully saturated rings. The standard InChI is InChI=1S/C13H15N3O3/c14-7-10-6-11(4-5-13(10)16(18)19)15-12-3-1-2-9(12)8-17/h4-6,9,12,15,17H,1-3,8H2. The van der Waals surface area contributed by atoms with Crippen molar-refractivity contribution in [2.24, 2.45) is 5.92 Å². The van der Waals surface area contributed by atoms with Gasteiger partial charge in [-0.1, -0.05) is 6.42 Å². The Morgan fingerprint density at radius 2 is 2.32 bits per heavy atom. The molecule has 6 heteroatoms. The molecule has 0 bridgehead atoms. The first-order chi connectivity index (χ1) is 9.15. The lowest BCUT2D eigenvalue weighted by Crippen LogP contribution is -2.26. The predicted molar refractivity (Wildman–Crippen MR) is 69.6 cm³/mol. The zero-order valence-corrected chi connectivity index (χ0v) is 10.4. The van der Waals surface area contributed by atoms with Gasteiger partial charge in [-0.05, 0) is 25.0 Å². The first-order valence-electron chi connectivity index (χ1n) is 6.21. The molecule has 0 amide bonds. The smallest absolute Gasteiger partial charge is 0.287 e. The second-order valence-corrected chi connectivity index (χ2v) is 4.73. The molecule has 0 aliphatic heterocycles. The number of hydrogen-bond acceptors (Lipinski definition) is 5. The summed E-state index contributed by atoms with van der Waals surface area (Å²) < 4.78 is 0. The Morgan fingerprint density at radius 1 is 1.53 bits per heavy atom. The number of nitro groups is 1. The molecule has 100 valence electrons. The highest BCUT2D eigenvalue weighted by atomic mass is 16.6. The molecule has 1 aromatic rings. The maximum absolute atomic E-state index is 10.7. The summed E-state index contributed by atoms with van der Waals surface area (Å²) in [5.41, 5.74) is 0.555. The fourth-order valence-electron chi connectivity index (χ4n) is 2.53. The summed E-state index contributed by atoms with van der Waals surface area (Å²) in [5.74, 6) is 0.209. The molecule has 0 aromatic heterocycles. The largest absolute Gasteiger partial charge is 0.396 e. The highest BCUT2D eigenvalue weighted by Crippen LogP contribution is 2.29. The lowest BCUT2D eigenvalue weighted by Gasteiger charge is -2.20. The SMILES string of the molecule is N#Cc1cc(NC2CCCC2CO)ccc1[N+](=O)[O-]. The minimum atomic E-state index is -0.561. The molecule has 1 aromatic carbocycles. The fraction of sp³-hybridized carbons (Fsp3) is 0.462. The van der Waals surface area contributed by atoms with Crippen LogP contribution >= 0.6 is 0 Å². The van der Waals surface area contributed by atoms with E-state index in [0.29, 0.717) is 5.69 Å². The van der Waals surface area contributed by atoms with Crippen molar-refractivity contribution in [2.75, 3.05) is 11.9 Å². The van der Waals surface area contributed by atoms with Gasteiger partial charge in [-0.2, -0.15) is 5.26 Å². The second kappa shape index (κ2) is 5.67. The zero-order chi connectivity index (χ0) is 13.8. The lowest BCUT2D eigenvalue weighted by atomic mass is 10.0. The summed E-state index contributed by atoms with van der Waals surface area (Å²) in [6.45, 7) is 0.135. The Bertz CT molecular complexity index is 524. The molecule has 2 N–H and O–H groups in total. The van der Waals surface area contributed by atoms with E-state index in [1.807, 2.05) is 6.07 Å². The van der Waals surface area contributed by atoms with Crippen LogP contribution < -0.4 is 5.32 Å². The number of aliphatic hydroxyl groups excluding tert-OH is 1. The molecule has 0 radical (unpaired) electrons. The van der Waals surface area contributed by atoms with Crippen molar-refractivity contribution in [2.45, 2.75) is 25.3 Å². The van der Waals surface area contributed by atoms with Crippen molar-refractivity contribution >= 4 is 11.4 Å². The summed E-state index contributed by atoms with van der Waals surface area (Å²) >= 11 is 0. The Labute approximate surface area is 110 Å². The lowest BCUT2D eigenvalue weighted by molar-refractivity contribution is -0.385. The molecule has 0 spiro atoms. The van der Waals surface area contributed by atoms with E-state index in [4.69, 9.17) is 5.26 Å². The third-order valence-electron chi connectivity index (χ3n) is 3.56. The van der Waals surface area contributed by atoms with Gasteiger partial charge in [-0.25, -0.2) is 0 Å². The number of nitro benzene ring substituents is 1. The fourth-order valence-corrected chi connectivity index (χ4v) is 2.53. The van der Waals surface area contributed by atoms with Crippen LogP contribution in [0.25, 0.3) is 0 Å². The summed E-state index contributed by atoms with van der Waals surface area (Å²) in [5, 5.41) is 32.2. The van der Waals surface area contributed by atoms with Crippen LogP contribution in [0.5, 0.6) is 0 Å². The summed E-state index contributed by atoms with van der Waals surface area (Å²) in [4.78, 5) is 10.2. The van der Waals surface area contributed by atoms with E-state index in [0.717, 1.165) is 19.3 Å². The Morgan fingerprint density at radius 3 is 2.95 bits per heavy atom. The van der Waals surface area contributed by atoms with E-state index in [9.17, 15) is 15.2 Å². The average molecular weight is 261 g/mol. The van der Waals surface area contributed by atoms with Crippen LogP contribution in [0.4, 0.5) is 11.4 Å². The van der Waals surface area contributed by atoms with Crippen LogP contribution in [0.1, 0.15) is 24.8 Å². The molecule has 0 heterocycles. The quantitative estimate of drug-likeness (QED) is 0.638. The van der Waals surface area contributed by atoms with Gasteiger partial charge in [0.15, 0.2) is 0 Å². The third kappa shape index (κ3) is 2.83. The van der Waals surface area contributed by atoms with Gasteiger partial charge in [0.1, 0.15) is 11.6 Å². The maximum Gasteiger partial charge on any atom is 0.287 e. The van der Waals surface area contributed by atoms with Gasteiger partial charge in [0.2, 0.25) is 0 Å². The molecule has 19 heavy (non-hydrogen) atoms. The zero-order valence-electron chi connectivity index (χ0n) is 10.4. The minimum absolute atomic E-state index is 0.0496. The topological polar surface area (TPSA) is 99.2 Å². The average Bonchev–Trinajstić information content (AvgIpc) is 2.85. The minimum Gasteiger partial charge on any atom is -0.396 e. The predicted octanol–water partition coefficient (Wildman–Crippen LogP) is 2.04. The normalized spacial score (nSPS) is 21.9. The van der Waals surface area contributed by atoms with Crippen LogP contribution in [0.3, 0.4) is 0 Å². The number of rotatable bonds is 4. The van der Waals surface area contributed by atoms with Crippen LogP contribution in [0.15, 0.2) is 18.2 Å². The summed E-state index contributed by atoms with van der Waals surface area (Å²) in [6.07, 6.45) is 3.00. The molecular formula is C13H15N3O3. The molecule has 2 unspecified atom stereocenters. The third-order valence-corrected chi connectivity index (χ3v) is 3.56. The van der Waals surface area contributed by atoms with E-state index in [-0.39, 0.29) is 29.8 Å². The van der Waals surface area contributed by atoms with E-state index in [1.54, 1.807) is 6.07 Å². The molecule has 2 rings (SSSR count). The second-order valence-electron chi connectivity index (χ2n) is 4.73. The van der Waals surface area contributed by atoms with E-state index in [2.05, 4.69) is 5.32 Å². The van der Waals surface area contributed by atoms with Crippen molar-refractivity contribution < 1.29 is 10.0 Å². The van der Waals surface area contributed by atoms with Crippen LogP contribution in [-0.2, 0) is 0 Å². The number of nitrogens with zero attached hydrogens (tertiary/aromatic N) is 2. The van der Waals surface area contributed by atoms with Crippen molar-refractivity contribution in [3.05, 3.63) is 33.9 Å².